The third kappa shape index (κ3) is 4.25. The van der Waals surface area contributed by atoms with E-state index in [1.54, 1.807) is 8.61 Å². The zero-order valence-corrected chi connectivity index (χ0v) is 17.4. The lowest BCUT2D eigenvalue weighted by atomic mass is 9.69. The first-order valence-corrected chi connectivity index (χ1v) is 11.6. The van der Waals surface area contributed by atoms with Gasteiger partial charge in [0.15, 0.2) is 0 Å². The molecule has 0 radical (unpaired) electrons. The van der Waals surface area contributed by atoms with Crippen molar-refractivity contribution in [2.75, 3.05) is 39.3 Å². The number of carbonyl (C=O) groups is 1. The Bertz CT molecular complexity index is 592. The van der Waals surface area contributed by atoms with Gasteiger partial charge in [0.1, 0.15) is 0 Å². The molecule has 1 amide bonds. The van der Waals surface area contributed by atoms with Gasteiger partial charge in [0.05, 0.1) is 0 Å². The third-order valence-corrected chi connectivity index (χ3v) is 8.60. The highest BCUT2D eigenvalue weighted by Crippen LogP contribution is 2.40. The minimum absolute atomic E-state index is 0.135. The van der Waals surface area contributed by atoms with Gasteiger partial charge in [-0.3, -0.25) is 4.79 Å². The van der Waals surface area contributed by atoms with Crippen LogP contribution in [0.2, 0.25) is 0 Å². The Morgan fingerprint density at radius 1 is 0.808 bits per heavy atom. The number of hydrogen-bond acceptors (Lipinski definition) is 3. The fraction of sp³-hybridized carbons (Fsp3) is 0.947. The van der Waals surface area contributed by atoms with E-state index in [2.05, 4.69) is 20.8 Å². The van der Waals surface area contributed by atoms with E-state index < -0.39 is 10.2 Å². The molecule has 0 spiro atoms. The predicted octanol–water partition coefficient (Wildman–Crippen LogP) is 2.32. The SMILES string of the molecule is CC(C)(C)C1CCC(C(=O)N2CCN(S(=O)(=O)N3CCCC3)CC2)CC1. The van der Waals surface area contributed by atoms with Crippen LogP contribution in [0.3, 0.4) is 0 Å². The molecule has 3 rings (SSSR count). The Kier molecular flexibility index (Phi) is 5.99. The topological polar surface area (TPSA) is 60.9 Å². The van der Waals surface area contributed by atoms with Crippen LogP contribution in [0.25, 0.3) is 0 Å². The van der Waals surface area contributed by atoms with Gasteiger partial charge < -0.3 is 4.90 Å². The molecule has 0 aromatic heterocycles. The summed E-state index contributed by atoms with van der Waals surface area (Å²) in [5.74, 6) is 1.08. The first-order chi connectivity index (χ1) is 12.2. The van der Waals surface area contributed by atoms with Crippen molar-refractivity contribution in [2.24, 2.45) is 17.3 Å². The number of hydrogen-bond donors (Lipinski definition) is 0. The van der Waals surface area contributed by atoms with E-state index in [1.807, 2.05) is 4.90 Å². The average molecular weight is 386 g/mol. The Hall–Kier alpha value is -0.660. The molecule has 0 N–H and O–H groups in total. The van der Waals surface area contributed by atoms with Gasteiger partial charge in [0, 0.05) is 45.2 Å². The van der Waals surface area contributed by atoms with Crippen molar-refractivity contribution >= 4 is 16.1 Å². The highest BCUT2D eigenvalue weighted by atomic mass is 32.2. The van der Waals surface area contributed by atoms with E-state index in [9.17, 15) is 13.2 Å². The van der Waals surface area contributed by atoms with E-state index in [4.69, 9.17) is 0 Å². The van der Waals surface area contributed by atoms with Gasteiger partial charge in [-0.1, -0.05) is 20.8 Å². The lowest BCUT2D eigenvalue weighted by molar-refractivity contribution is -0.138. The normalized spacial score (nSPS) is 29.9. The Morgan fingerprint density at radius 2 is 1.31 bits per heavy atom. The Balaban J connectivity index is 1.50. The third-order valence-electron chi connectivity index (χ3n) is 6.57. The second-order valence-electron chi connectivity index (χ2n) is 9.25. The van der Waals surface area contributed by atoms with Crippen LogP contribution in [-0.2, 0) is 15.0 Å². The van der Waals surface area contributed by atoms with Gasteiger partial charge in [-0.25, -0.2) is 0 Å². The van der Waals surface area contributed by atoms with E-state index in [0.717, 1.165) is 38.5 Å². The van der Waals surface area contributed by atoms with Gasteiger partial charge in [0.2, 0.25) is 5.91 Å². The molecular formula is C19H35N3O3S. The predicted molar refractivity (Wildman–Crippen MR) is 103 cm³/mol. The molecule has 0 aromatic rings. The summed E-state index contributed by atoms with van der Waals surface area (Å²) in [7, 11) is -3.33. The molecule has 2 aliphatic heterocycles. The quantitative estimate of drug-likeness (QED) is 0.749. The van der Waals surface area contributed by atoms with Gasteiger partial charge in [-0.15, -0.1) is 0 Å². The number of amides is 1. The van der Waals surface area contributed by atoms with Crippen LogP contribution < -0.4 is 0 Å². The maximum Gasteiger partial charge on any atom is 0.282 e. The minimum Gasteiger partial charge on any atom is -0.340 e. The summed E-state index contributed by atoms with van der Waals surface area (Å²) in [5.41, 5.74) is 0.323. The fourth-order valence-corrected chi connectivity index (χ4v) is 6.36. The number of carbonyl (C=O) groups excluding carboxylic acids is 1. The molecule has 2 heterocycles. The molecule has 0 atom stereocenters. The maximum atomic E-state index is 12.9. The highest BCUT2D eigenvalue weighted by molar-refractivity contribution is 7.86. The summed E-state index contributed by atoms with van der Waals surface area (Å²) in [5, 5.41) is 0. The van der Waals surface area contributed by atoms with Crippen molar-refractivity contribution in [3.63, 3.8) is 0 Å². The van der Waals surface area contributed by atoms with Crippen LogP contribution in [0.4, 0.5) is 0 Å². The molecule has 2 saturated heterocycles. The molecule has 3 fully saturated rings. The van der Waals surface area contributed by atoms with Gasteiger partial charge in [-0.2, -0.15) is 17.0 Å². The molecule has 7 heteroatoms. The first kappa shape index (κ1) is 20.1. The molecule has 0 unspecified atom stereocenters. The van der Waals surface area contributed by atoms with Crippen LogP contribution >= 0.6 is 0 Å². The summed E-state index contributed by atoms with van der Waals surface area (Å²) in [4.78, 5) is 14.8. The van der Waals surface area contributed by atoms with E-state index in [-0.39, 0.29) is 11.8 Å². The van der Waals surface area contributed by atoms with Crippen LogP contribution in [-0.4, -0.2) is 67.1 Å². The van der Waals surface area contributed by atoms with Crippen molar-refractivity contribution in [3.8, 4) is 0 Å². The van der Waals surface area contributed by atoms with E-state index in [1.165, 1.54) is 0 Å². The largest absolute Gasteiger partial charge is 0.340 e. The maximum absolute atomic E-state index is 12.9. The smallest absolute Gasteiger partial charge is 0.282 e. The molecule has 1 saturated carbocycles. The molecule has 0 aromatic carbocycles. The Morgan fingerprint density at radius 3 is 1.81 bits per heavy atom. The second-order valence-corrected chi connectivity index (χ2v) is 11.2. The molecule has 26 heavy (non-hydrogen) atoms. The van der Waals surface area contributed by atoms with Crippen molar-refractivity contribution in [3.05, 3.63) is 0 Å². The first-order valence-electron chi connectivity index (χ1n) is 10.2. The van der Waals surface area contributed by atoms with Crippen LogP contribution in [0.15, 0.2) is 0 Å². The lowest BCUT2D eigenvalue weighted by Crippen LogP contribution is -2.54. The van der Waals surface area contributed by atoms with Crippen molar-refractivity contribution < 1.29 is 13.2 Å². The minimum atomic E-state index is -3.33. The zero-order valence-electron chi connectivity index (χ0n) is 16.6. The number of rotatable bonds is 3. The lowest BCUT2D eigenvalue weighted by Gasteiger charge is -2.40. The summed E-state index contributed by atoms with van der Waals surface area (Å²) in [6.45, 7) is 10.1. The zero-order chi connectivity index (χ0) is 18.9. The highest BCUT2D eigenvalue weighted by Gasteiger charge is 2.37. The monoisotopic (exact) mass is 385 g/mol. The molecule has 6 nitrogen and oxygen atoms in total. The molecule has 3 aliphatic rings. The Labute approximate surface area is 159 Å². The summed E-state index contributed by atoms with van der Waals surface area (Å²) >= 11 is 0. The second kappa shape index (κ2) is 7.76. The van der Waals surface area contributed by atoms with Gasteiger partial charge in [-0.05, 0) is 49.9 Å². The summed E-state index contributed by atoms with van der Waals surface area (Å²) < 4.78 is 28.5. The molecule has 150 valence electrons. The van der Waals surface area contributed by atoms with Crippen LogP contribution in [0.1, 0.15) is 59.3 Å². The van der Waals surface area contributed by atoms with Crippen molar-refractivity contribution in [1.82, 2.24) is 13.5 Å². The molecule has 1 aliphatic carbocycles. The van der Waals surface area contributed by atoms with Gasteiger partial charge in [0.25, 0.3) is 10.2 Å². The average Bonchev–Trinajstić information content (AvgIpc) is 3.16. The number of nitrogens with zero attached hydrogens (tertiary/aromatic N) is 3. The number of piperazine rings is 1. The van der Waals surface area contributed by atoms with Crippen LogP contribution in [0.5, 0.6) is 0 Å². The molecule has 0 bridgehead atoms. The summed E-state index contributed by atoms with van der Waals surface area (Å²) in [6, 6.07) is 0. The van der Waals surface area contributed by atoms with Crippen molar-refractivity contribution in [2.45, 2.75) is 59.3 Å². The standard InChI is InChI=1S/C19H35N3O3S/c1-19(2,3)17-8-6-16(7-9-17)18(23)20-12-14-22(15-13-20)26(24,25)21-10-4-5-11-21/h16-17H,4-15H2,1-3H3. The van der Waals surface area contributed by atoms with Crippen molar-refractivity contribution in [1.29, 1.82) is 0 Å². The fourth-order valence-electron chi connectivity index (χ4n) is 4.69. The van der Waals surface area contributed by atoms with E-state index >= 15 is 0 Å². The van der Waals surface area contributed by atoms with E-state index in [0.29, 0.717) is 50.6 Å². The van der Waals surface area contributed by atoms with Gasteiger partial charge >= 0.3 is 0 Å². The summed E-state index contributed by atoms with van der Waals surface area (Å²) in [6.07, 6.45) is 6.12. The molecular weight excluding hydrogens is 350 g/mol. The van der Waals surface area contributed by atoms with Crippen LogP contribution in [0, 0.1) is 17.3 Å².